The lowest BCUT2D eigenvalue weighted by Crippen LogP contribution is -2.07. The van der Waals surface area contributed by atoms with Gasteiger partial charge >= 0.3 is 10.5 Å². The summed E-state index contributed by atoms with van der Waals surface area (Å²) in [6, 6.07) is 6.74. The highest BCUT2D eigenvalue weighted by atomic mass is 32.2. The monoisotopic (exact) mass is 316 g/mol. The highest BCUT2D eigenvalue weighted by molar-refractivity contribution is 8.10. The molecule has 8 heteroatoms. The van der Waals surface area contributed by atoms with Crippen LogP contribution in [0.25, 0.3) is 0 Å². The van der Waals surface area contributed by atoms with Gasteiger partial charge in [0.25, 0.3) is 0 Å². The van der Waals surface area contributed by atoms with Gasteiger partial charge in [-0.15, -0.1) is 0 Å². The highest BCUT2D eigenvalue weighted by Gasteiger charge is 2.05. The Morgan fingerprint density at radius 1 is 0.900 bits per heavy atom. The number of hydrogen-bond donors (Lipinski definition) is 2. The van der Waals surface area contributed by atoms with Gasteiger partial charge in [-0.3, -0.25) is 9.59 Å². The molecule has 110 valence electrons. The molecule has 0 unspecified atom stereocenters. The van der Waals surface area contributed by atoms with E-state index in [9.17, 15) is 9.59 Å². The van der Waals surface area contributed by atoms with Crippen molar-refractivity contribution in [3.63, 3.8) is 0 Å². The van der Waals surface area contributed by atoms with Gasteiger partial charge in [-0.2, -0.15) is 0 Å². The van der Waals surface area contributed by atoms with E-state index in [1.807, 2.05) is 0 Å². The fourth-order valence-electron chi connectivity index (χ4n) is 1.14. The number of carbonyl (C=O) groups excluding carboxylic acids is 2. The second kappa shape index (κ2) is 9.65. The summed E-state index contributed by atoms with van der Waals surface area (Å²) in [6.45, 7) is 4.52. The Kier molecular flexibility index (Phi) is 8.12. The number of hydrogen-bond acceptors (Lipinski definition) is 6. The highest BCUT2D eigenvalue weighted by Crippen LogP contribution is 2.17. The van der Waals surface area contributed by atoms with Crippen LogP contribution < -0.4 is 10.6 Å². The topological polar surface area (TPSA) is 76.7 Å². The van der Waals surface area contributed by atoms with Gasteiger partial charge in [0.1, 0.15) is 0 Å². The van der Waals surface area contributed by atoms with E-state index in [0.29, 0.717) is 24.6 Å². The number of carbonyl (C=O) groups is 2. The number of anilines is 2. The van der Waals surface area contributed by atoms with Crippen LogP contribution in [-0.4, -0.2) is 23.7 Å². The molecule has 1 aromatic rings. The quantitative estimate of drug-likeness (QED) is 0.769. The van der Waals surface area contributed by atoms with Crippen LogP contribution in [0.5, 0.6) is 0 Å². The summed E-state index contributed by atoms with van der Waals surface area (Å²) in [5.41, 5.74) is 1.25. The fraction of sp³-hybridized carbons (Fsp3) is 0.333. The maximum absolute atomic E-state index is 11.4. The third-order valence-corrected chi connectivity index (χ3v) is 3.10. The molecule has 0 fully saturated rings. The Hall–Kier alpha value is -1.22. The van der Waals surface area contributed by atoms with Crippen LogP contribution in [0, 0.1) is 0 Å². The van der Waals surface area contributed by atoms with Gasteiger partial charge in [-0.05, 0) is 38.1 Å². The minimum atomic E-state index is -0.296. The summed E-state index contributed by atoms with van der Waals surface area (Å²) in [4.78, 5) is 22.8. The Labute approximate surface area is 126 Å². The van der Waals surface area contributed by atoms with Crippen LogP contribution in [0.15, 0.2) is 24.3 Å². The standard InChI is InChI=1S/C12H16N2O4S2/c1-3-17-19-11(15)13-9-5-7-10(8-6-9)14-12(16)20-18-4-2/h5-8H,3-4H2,1-2H3,(H,13,15)(H,14,16). The van der Waals surface area contributed by atoms with Crippen LogP contribution in [0.3, 0.4) is 0 Å². The Balaban J connectivity index is 2.43. The Bertz CT molecular complexity index is 399. The molecule has 0 aromatic heterocycles. The van der Waals surface area contributed by atoms with Crippen LogP contribution in [0.2, 0.25) is 0 Å². The van der Waals surface area contributed by atoms with Crippen LogP contribution in [0.4, 0.5) is 21.0 Å². The van der Waals surface area contributed by atoms with Gasteiger partial charge in [0.05, 0.1) is 37.3 Å². The van der Waals surface area contributed by atoms with Crippen LogP contribution in [-0.2, 0) is 8.37 Å². The summed E-state index contributed by atoms with van der Waals surface area (Å²) in [6.07, 6.45) is 0. The van der Waals surface area contributed by atoms with E-state index < -0.39 is 0 Å². The zero-order chi connectivity index (χ0) is 14.8. The molecule has 2 N–H and O–H groups in total. The van der Waals surface area contributed by atoms with Crippen molar-refractivity contribution in [1.82, 2.24) is 0 Å². The zero-order valence-corrected chi connectivity index (χ0v) is 12.8. The van der Waals surface area contributed by atoms with E-state index in [2.05, 4.69) is 10.6 Å². The SMILES string of the molecule is CCOSC(=O)Nc1ccc(NC(=O)SOCC)cc1. The van der Waals surface area contributed by atoms with Gasteiger partial charge in [-0.1, -0.05) is 0 Å². The van der Waals surface area contributed by atoms with E-state index in [-0.39, 0.29) is 10.5 Å². The minimum Gasteiger partial charge on any atom is -0.315 e. The smallest absolute Gasteiger partial charge is 0.310 e. The molecule has 2 amide bonds. The fourth-order valence-corrected chi connectivity index (χ4v) is 1.91. The first kappa shape index (κ1) is 16.8. The molecule has 0 bridgehead atoms. The van der Waals surface area contributed by atoms with E-state index in [4.69, 9.17) is 8.37 Å². The molecule has 0 heterocycles. The predicted molar refractivity (Wildman–Crippen MR) is 82.9 cm³/mol. The van der Waals surface area contributed by atoms with Crippen molar-refractivity contribution in [2.75, 3.05) is 23.8 Å². The third-order valence-electron chi connectivity index (χ3n) is 1.88. The molecular weight excluding hydrogens is 300 g/mol. The molecular formula is C12H16N2O4S2. The van der Waals surface area contributed by atoms with Gasteiger partial charge in [0.2, 0.25) is 0 Å². The zero-order valence-electron chi connectivity index (χ0n) is 11.2. The summed E-state index contributed by atoms with van der Waals surface area (Å²) in [7, 11) is 0. The number of rotatable bonds is 6. The largest absolute Gasteiger partial charge is 0.315 e. The van der Waals surface area contributed by atoms with Crippen molar-refractivity contribution in [3.05, 3.63) is 24.3 Å². The van der Waals surface area contributed by atoms with E-state index in [0.717, 1.165) is 24.1 Å². The molecule has 0 atom stereocenters. The lowest BCUT2D eigenvalue weighted by Gasteiger charge is -2.06. The van der Waals surface area contributed by atoms with Crippen LogP contribution >= 0.6 is 24.1 Å². The van der Waals surface area contributed by atoms with Crippen molar-refractivity contribution in [1.29, 1.82) is 0 Å². The first-order valence-electron chi connectivity index (χ1n) is 5.96. The first-order valence-corrected chi connectivity index (χ1v) is 7.45. The van der Waals surface area contributed by atoms with E-state index in [1.165, 1.54) is 0 Å². The van der Waals surface area contributed by atoms with Crippen molar-refractivity contribution in [2.45, 2.75) is 13.8 Å². The first-order chi connectivity index (χ1) is 9.65. The average molecular weight is 316 g/mol. The summed E-state index contributed by atoms with van der Waals surface area (Å²) in [5.74, 6) is 0. The number of benzene rings is 1. The molecule has 0 aliphatic heterocycles. The average Bonchev–Trinajstić information content (AvgIpc) is 2.45. The van der Waals surface area contributed by atoms with Crippen molar-refractivity contribution < 1.29 is 18.0 Å². The lowest BCUT2D eigenvalue weighted by molar-refractivity contribution is 0.266. The number of amides is 2. The van der Waals surface area contributed by atoms with E-state index in [1.54, 1.807) is 38.1 Å². The minimum absolute atomic E-state index is 0.296. The predicted octanol–water partition coefficient (Wildman–Crippen LogP) is 4.12. The maximum Gasteiger partial charge on any atom is 0.310 e. The normalized spacial score (nSPS) is 10.1. The third kappa shape index (κ3) is 6.80. The summed E-state index contributed by atoms with van der Waals surface area (Å²) in [5, 5.41) is 4.70. The second-order valence-electron chi connectivity index (χ2n) is 3.38. The molecule has 0 saturated carbocycles. The molecule has 1 rings (SSSR count). The Morgan fingerprint density at radius 3 is 1.55 bits per heavy atom. The van der Waals surface area contributed by atoms with Crippen molar-refractivity contribution >= 4 is 45.9 Å². The molecule has 6 nitrogen and oxygen atoms in total. The lowest BCUT2D eigenvalue weighted by atomic mass is 10.3. The molecule has 1 aromatic carbocycles. The maximum atomic E-state index is 11.4. The molecule has 0 aliphatic carbocycles. The molecule has 0 spiro atoms. The van der Waals surface area contributed by atoms with Gasteiger partial charge < -0.3 is 19.0 Å². The molecule has 0 radical (unpaired) electrons. The van der Waals surface area contributed by atoms with Crippen molar-refractivity contribution in [3.8, 4) is 0 Å². The molecule has 0 aliphatic rings. The summed E-state index contributed by atoms with van der Waals surface area (Å²) >= 11 is 1.51. The summed E-state index contributed by atoms with van der Waals surface area (Å²) < 4.78 is 9.82. The van der Waals surface area contributed by atoms with Crippen molar-refractivity contribution in [2.24, 2.45) is 0 Å². The van der Waals surface area contributed by atoms with E-state index >= 15 is 0 Å². The van der Waals surface area contributed by atoms with Gasteiger partial charge in [0.15, 0.2) is 0 Å². The van der Waals surface area contributed by atoms with Crippen LogP contribution in [0.1, 0.15) is 13.8 Å². The number of nitrogens with one attached hydrogen (secondary N) is 2. The van der Waals surface area contributed by atoms with Gasteiger partial charge in [-0.25, -0.2) is 0 Å². The molecule has 20 heavy (non-hydrogen) atoms. The second-order valence-corrected chi connectivity index (χ2v) is 4.93. The molecule has 0 saturated heterocycles. The Morgan fingerprint density at radius 2 is 1.25 bits per heavy atom. The van der Waals surface area contributed by atoms with Gasteiger partial charge in [0, 0.05) is 11.4 Å².